The van der Waals surface area contributed by atoms with Crippen molar-refractivity contribution >= 4 is 36.2 Å². The molecule has 46 heavy (non-hydrogen) atoms. The lowest BCUT2D eigenvalue weighted by atomic mass is 9.89. The van der Waals surface area contributed by atoms with Gasteiger partial charge in [0.05, 0.1) is 0 Å². The number of carbonyl (C=O) groups excluding carboxylic acids is 6. The van der Waals surface area contributed by atoms with Crippen LogP contribution in [0, 0.1) is 0 Å². The van der Waals surface area contributed by atoms with Gasteiger partial charge in [0.25, 0.3) is 23.6 Å². The standard InChI is InChI=1S/C36H38N4O6/c41-21-23-8-5-10-25(18-23)33(43)37-29-14-1-3-16-31(29)39-35(45)27-12-7-13-28(20-27)36(46)40-32-17-4-2-15-30(32)38-34(44)26-11-6-9-24(19-26)22-42/h5-13,18-22,29-32H,1-4,14-17H2,(H,37,43)(H,38,44)(H,39,45)(H,40,46). The molecule has 2 fully saturated rings. The molecule has 10 nitrogen and oxygen atoms in total. The van der Waals surface area contributed by atoms with Crippen LogP contribution in [0.1, 0.15) is 114 Å². The third-order valence-electron chi connectivity index (χ3n) is 8.75. The predicted molar refractivity (Wildman–Crippen MR) is 172 cm³/mol. The van der Waals surface area contributed by atoms with E-state index in [0.717, 1.165) is 25.7 Å². The lowest BCUT2D eigenvalue weighted by molar-refractivity contribution is 0.0858. The van der Waals surface area contributed by atoms with Gasteiger partial charge in [-0.1, -0.05) is 56.0 Å². The molecule has 3 aromatic rings. The van der Waals surface area contributed by atoms with Crippen LogP contribution in [0.4, 0.5) is 0 Å². The Morgan fingerprint density at radius 1 is 0.457 bits per heavy atom. The zero-order chi connectivity index (χ0) is 32.5. The quantitative estimate of drug-likeness (QED) is 0.248. The van der Waals surface area contributed by atoms with Crippen molar-refractivity contribution in [1.82, 2.24) is 21.3 Å². The fourth-order valence-corrected chi connectivity index (χ4v) is 6.27. The van der Waals surface area contributed by atoms with E-state index in [1.54, 1.807) is 60.7 Å². The maximum absolute atomic E-state index is 13.4. The number of hydrogen-bond donors (Lipinski definition) is 4. The van der Waals surface area contributed by atoms with Crippen LogP contribution < -0.4 is 21.3 Å². The smallest absolute Gasteiger partial charge is 0.251 e. The molecule has 2 saturated carbocycles. The molecule has 4 atom stereocenters. The highest BCUT2D eigenvalue weighted by molar-refractivity contribution is 6.00. The van der Waals surface area contributed by atoms with Crippen LogP contribution in [0.2, 0.25) is 0 Å². The third-order valence-corrected chi connectivity index (χ3v) is 8.75. The van der Waals surface area contributed by atoms with Crippen LogP contribution in [0.25, 0.3) is 0 Å². The molecule has 10 heteroatoms. The molecule has 238 valence electrons. The molecule has 3 aromatic carbocycles. The molecule has 0 saturated heterocycles. The Balaban J connectivity index is 1.21. The number of benzene rings is 3. The number of amides is 4. The lowest BCUT2D eigenvalue weighted by Crippen LogP contribution is -2.53. The normalized spacial score (nSPS) is 20.9. The van der Waals surface area contributed by atoms with Gasteiger partial charge in [-0.25, -0.2) is 0 Å². The predicted octanol–water partition coefficient (Wildman–Crippen LogP) is 4.25. The minimum atomic E-state index is -0.343. The summed E-state index contributed by atoms with van der Waals surface area (Å²) in [5, 5.41) is 12.2. The van der Waals surface area contributed by atoms with E-state index in [0.29, 0.717) is 71.6 Å². The lowest BCUT2D eigenvalue weighted by Gasteiger charge is -2.33. The Morgan fingerprint density at radius 2 is 0.739 bits per heavy atom. The Kier molecular flexibility index (Phi) is 10.7. The van der Waals surface area contributed by atoms with Gasteiger partial charge in [-0.3, -0.25) is 28.8 Å². The molecule has 0 heterocycles. The van der Waals surface area contributed by atoms with E-state index in [9.17, 15) is 28.8 Å². The SMILES string of the molecule is O=Cc1cccc(C(=O)NC2CCCCC2NC(=O)c2cccc(C(=O)NC3CCCCC3NC(=O)c3cccc(C=O)c3)c2)c1. The molecular weight excluding hydrogens is 584 g/mol. The number of rotatable bonds is 10. The van der Waals surface area contributed by atoms with Gasteiger partial charge in [-0.2, -0.15) is 0 Å². The van der Waals surface area contributed by atoms with E-state index in [-0.39, 0.29) is 47.8 Å². The minimum Gasteiger partial charge on any atom is -0.347 e. The van der Waals surface area contributed by atoms with E-state index in [4.69, 9.17) is 0 Å². The molecule has 4 amide bonds. The maximum Gasteiger partial charge on any atom is 0.251 e. The van der Waals surface area contributed by atoms with Crippen LogP contribution in [0.5, 0.6) is 0 Å². The van der Waals surface area contributed by atoms with Gasteiger partial charge >= 0.3 is 0 Å². The molecule has 0 radical (unpaired) electrons. The minimum absolute atomic E-state index is 0.282. The van der Waals surface area contributed by atoms with Gasteiger partial charge in [0.15, 0.2) is 0 Å². The highest BCUT2D eigenvalue weighted by Crippen LogP contribution is 2.22. The Hall–Kier alpha value is -5.12. The summed E-state index contributed by atoms with van der Waals surface area (Å²) in [5.74, 6) is -1.30. The van der Waals surface area contributed by atoms with Crippen molar-refractivity contribution in [2.45, 2.75) is 75.5 Å². The first-order valence-corrected chi connectivity index (χ1v) is 15.8. The highest BCUT2D eigenvalue weighted by Gasteiger charge is 2.30. The van der Waals surface area contributed by atoms with Gasteiger partial charge in [-0.15, -0.1) is 0 Å². The summed E-state index contributed by atoms with van der Waals surface area (Å²) >= 11 is 0. The van der Waals surface area contributed by atoms with Crippen LogP contribution in [0.15, 0.2) is 72.8 Å². The van der Waals surface area contributed by atoms with Gasteiger partial charge in [0, 0.05) is 57.5 Å². The average molecular weight is 623 g/mol. The molecule has 2 aliphatic rings. The van der Waals surface area contributed by atoms with Crippen molar-refractivity contribution < 1.29 is 28.8 Å². The number of hydrogen-bond acceptors (Lipinski definition) is 6. The first-order valence-electron chi connectivity index (χ1n) is 15.8. The van der Waals surface area contributed by atoms with Gasteiger partial charge in [0.1, 0.15) is 12.6 Å². The number of nitrogens with one attached hydrogen (secondary N) is 4. The topological polar surface area (TPSA) is 151 Å². The molecule has 0 aromatic heterocycles. The van der Waals surface area contributed by atoms with Gasteiger partial charge in [-0.05, 0) is 68.1 Å². The van der Waals surface area contributed by atoms with E-state index in [1.807, 2.05) is 0 Å². The van der Waals surface area contributed by atoms with Crippen molar-refractivity contribution in [2.24, 2.45) is 0 Å². The molecule has 4 N–H and O–H groups in total. The molecule has 0 aliphatic heterocycles. The maximum atomic E-state index is 13.4. The zero-order valence-corrected chi connectivity index (χ0v) is 25.5. The van der Waals surface area contributed by atoms with Crippen molar-refractivity contribution in [3.05, 3.63) is 106 Å². The van der Waals surface area contributed by atoms with Gasteiger partial charge < -0.3 is 21.3 Å². The third kappa shape index (κ3) is 8.12. The molecule has 2 aliphatic carbocycles. The second-order valence-corrected chi connectivity index (χ2v) is 12.0. The summed E-state index contributed by atoms with van der Waals surface area (Å²) in [6.07, 6.45) is 7.81. The van der Waals surface area contributed by atoms with Crippen LogP contribution in [0.3, 0.4) is 0 Å². The Labute approximate surface area is 267 Å². The van der Waals surface area contributed by atoms with Crippen molar-refractivity contribution in [3.8, 4) is 0 Å². The van der Waals surface area contributed by atoms with E-state index in [1.165, 1.54) is 12.1 Å². The summed E-state index contributed by atoms with van der Waals surface area (Å²) in [7, 11) is 0. The van der Waals surface area contributed by atoms with Crippen molar-refractivity contribution in [1.29, 1.82) is 0 Å². The summed E-state index contributed by atoms with van der Waals surface area (Å²) in [6.45, 7) is 0. The zero-order valence-electron chi connectivity index (χ0n) is 25.5. The van der Waals surface area contributed by atoms with E-state index < -0.39 is 0 Å². The van der Waals surface area contributed by atoms with Crippen LogP contribution >= 0.6 is 0 Å². The average Bonchev–Trinajstić information content (AvgIpc) is 3.10. The highest BCUT2D eigenvalue weighted by atomic mass is 16.2. The largest absolute Gasteiger partial charge is 0.347 e. The van der Waals surface area contributed by atoms with Crippen LogP contribution in [-0.4, -0.2) is 60.4 Å². The van der Waals surface area contributed by atoms with Crippen molar-refractivity contribution in [3.63, 3.8) is 0 Å². The van der Waals surface area contributed by atoms with Crippen LogP contribution in [-0.2, 0) is 0 Å². The molecule has 0 bridgehead atoms. The van der Waals surface area contributed by atoms with Gasteiger partial charge in [0.2, 0.25) is 0 Å². The first kappa shape index (κ1) is 32.3. The molecule has 0 spiro atoms. The number of carbonyl (C=O) groups is 6. The second kappa shape index (κ2) is 15.2. The molecule has 4 unspecified atom stereocenters. The van der Waals surface area contributed by atoms with E-state index >= 15 is 0 Å². The molecule has 5 rings (SSSR count). The fourth-order valence-electron chi connectivity index (χ4n) is 6.27. The monoisotopic (exact) mass is 622 g/mol. The second-order valence-electron chi connectivity index (χ2n) is 12.0. The Morgan fingerprint density at radius 3 is 1.04 bits per heavy atom. The summed E-state index contributed by atoms with van der Waals surface area (Å²) in [4.78, 5) is 74.8. The number of aldehydes is 2. The Bertz CT molecular complexity index is 1510. The summed E-state index contributed by atoms with van der Waals surface area (Å²) in [5.41, 5.74) is 2.23. The fraction of sp³-hybridized carbons (Fsp3) is 0.333. The van der Waals surface area contributed by atoms with Crippen molar-refractivity contribution in [2.75, 3.05) is 0 Å². The first-order chi connectivity index (χ1) is 22.3. The summed E-state index contributed by atoms with van der Waals surface area (Å²) < 4.78 is 0. The van der Waals surface area contributed by atoms with E-state index in [2.05, 4.69) is 21.3 Å². The summed E-state index contributed by atoms with van der Waals surface area (Å²) in [6, 6.07) is 18.3. The molecular formula is C36H38N4O6.